The van der Waals surface area contributed by atoms with Crippen LogP contribution >= 0.6 is 0 Å². The lowest BCUT2D eigenvalue weighted by molar-refractivity contribution is -0.114. The van der Waals surface area contributed by atoms with Crippen molar-refractivity contribution < 1.29 is 14.3 Å². The van der Waals surface area contributed by atoms with Crippen molar-refractivity contribution in [3.8, 4) is 22.5 Å². The Bertz CT molecular complexity index is 1500. The third kappa shape index (κ3) is 6.59. The molecule has 2 aromatic heterocycles. The number of benzene rings is 2. The van der Waals surface area contributed by atoms with Crippen molar-refractivity contribution in [2.24, 2.45) is 0 Å². The van der Waals surface area contributed by atoms with Crippen LogP contribution in [0.3, 0.4) is 0 Å². The average Bonchev–Trinajstić information content (AvgIpc) is 3.65. The summed E-state index contributed by atoms with van der Waals surface area (Å²) < 4.78 is 7.33. The van der Waals surface area contributed by atoms with Crippen molar-refractivity contribution in [1.29, 1.82) is 0 Å². The molecule has 41 heavy (non-hydrogen) atoms. The number of nitrogens with one attached hydrogen (secondary N) is 1. The number of nitrogens with zero attached hydrogens (tertiary/aromatic N) is 6. The largest absolute Gasteiger partial charge is 0.461 e. The number of likely N-dealkylation sites (N-methyl/N-ethyl adjacent to an activating group) is 1. The fraction of sp³-hybridized carbons (Fsp3) is 0.355. The minimum absolute atomic E-state index is 0.216. The number of carbonyl (C=O) groups is 2. The summed E-state index contributed by atoms with van der Waals surface area (Å²) in [6.07, 6.45) is 4.68. The number of anilines is 1. The van der Waals surface area contributed by atoms with E-state index in [2.05, 4.69) is 27.5 Å². The summed E-state index contributed by atoms with van der Waals surface area (Å²) in [6, 6.07) is 16.0. The second-order valence-corrected chi connectivity index (χ2v) is 9.64. The first-order chi connectivity index (χ1) is 19.9. The number of carbonyl (C=O) groups excluding carboxylic acids is 2. The third-order valence-electron chi connectivity index (χ3n) is 6.97. The third-order valence-corrected chi connectivity index (χ3v) is 6.97. The van der Waals surface area contributed by atoms with Crippen LogP contribution in [0, 0.1) is 0 Å². The lowest BCUT2D eigenvalue weighted by atomic mass is 9.98. The van der Waals surface area contributed by atoms with E-state index in [1.165, 1.54) is 4.90 Å². The van der Waals surface area contributed by atoms with Gasteiger partial charge in [0.2, 0.25) is 5.82 Å². The molecule has 0 fully saturated rings. The molecule has 0 atom stereocenters. The van der Waals surface area contributed by atoms with E-state index >= 15 is 0 Å². The van der Waals surface area contributed by atoms with E-state index < -0.39 is 5.97 Å². The minimum atomic E-state index is -0.502. The minimum Gasteiger partial charge on any atom is -0.461 e. The lowest BCUT2D eigenvalue weighted by Gasteiger charge is -2.16. The topological polar surface area (TPSA) is 119 Å². The Labute approximate surface area is 240 Å². The molecule has 0 saturated carbocycles. The van der Waals surface area contributed by atoms with Crippen LogP contribution in [0.1, 0.15) is 68.8 Å². The second kappa shape index (κ2) is 13.6. The van der Waals surface area contributed by atoms with Gasteiger partial charge in [-0.15, -0.1) is 10.2 Å². The number of hydrogen-bond acceptors (Lipinski definition) is 7. The number of H-pyrrole nitrogens is 1. The van der Waals surface area contributed by atoms with Crippen molar-refractivity contribution in [1.82, 2.24) is 30.2 Å². The van der Waals surface area contributed by atoms with Gasteiger partial charge in [-0.1, -0.05) is 74.9 Å². The fourth-order valence-electron chi connectivity index (χ4n) is 4.71. The Kier molecular flexibility index (Phi) is 9.78. The number of imidazole rings is 1. The first kappa shape index (κ1) is 29.4. The standard InChI is InChI=1S/C31H37N7O3/c1-6-12-26-32-30(37(5)27(39)19-21(7-2)8-3)28(31(40)41-9-4)38(26)20-22-15-17-23(18-16-22)24-13-10-11-14-25(24)29-33-35-36-34-29/h10-11,13-19H,6-9,12,20H2,1-5H3,(H,33,34,35,36). The molecule has 0 aliphatic heterocycles. The maximum Gasteiger partial charge on any atom is 0.358 e. The highest BCUT2D eigenvalue weighted by molar-refractivity contribution is 6.05. The van der Waals surface area contributed by atoms with Crippen molar-refractivity contribution in [2.45, 2.75) is 59.9 Å². The van der Waals surface area contributed by atoms with Gasteiger partial charge in [-0.3, -0.25) is 9.69 Å². The predicted molar refractivity (Wildman–Crippen MR) is 158 cm³/mol. The van der Waals surface area contributed by atoms with Crippen molar-refractivity contribution in [3.05, 3.63) is 77.3 Å². The Morgan fingerprint density at radius 2 is 1.71 bits per heavy atom. The number of allylic oxidation sites excluding steroid dienone is 1. The number of aromatic amines is 1. The smallest absolute Gasteiger partial charge is 0.358 e. The number of rotatable bonds is 12. The SMILES string of the molecule is CCCc1nc(N(C)C(=O)C=C(CC)CC)c(C(=O)OCC)n1Cc1ccc(-c2ccccc2-c2nn[nH]n2)cc1. The Morgan fingerprint density at radius 1 is 1.00 bits per heavy atom. The van der Waals surface area contributed by atoms with Crippen molar-refractivity contribution in [3.63, 3.8) is 0 Å². The highest BCUT2D eigenvalue weighted by Crippen LogP contribution is 2.30. The van der Waals surface area contributed by atoms with Gasteiger partial charge in [0, 0.05) is 31.7 Å². The first-order valence-corrected chi connectivity index (χ1v) is 14.1. The molecule has 1 amide bonds. The molecular weight excluding hydrogens is 518 g/mol. The normalized spacial score (nSPS) is 10.9. The number of aryl methyl sites for hydroxylation is 1. The molecule has 10 heteroatoms. The van der Waals surface area contributed by atoms with Crippen LogP contribution in [0.4, 0.5) is 5.82 Å². The van der Waals surface area contributed by atoms with E-state index in [9.17, 15) is 9.59 Å². The zero-order valence-corrected chi connectivity index (χ0v) is 24.3. The van der Waals surface area contributed by atoms with Crippen LogP contribution in [0.5, 0.6) is 0 Å². The molecule has 0 saturated heterocycles. The van der Waals surface area contributed by atoms with Gasteiger partial charge >= 0.3 is 5.97 Å². The van der Waals surface area contributed by atoms with E-state index in [1.54, 1.807) is 20.0 Å². The van der Waals surface area contributed by atoms with Crippen LogP contribution in [-0.2, 0) is 22.5 Å². The Hall–Kier alpha value is -4.60. The molecule has 0 aliphatic rings. The van der Waals surface area contributed by atoms with Crippen LogP contribution in [0.2, 0.25) is 0 Å². The molecule has 0 bridgehead atoms. The summed E-state index contributed by atoms with van der Waals surface area (Å²) in [5, 5.41) is 14.5. The molecule has 0 radical (unpaired) electrons. The highest BCUT2D eigenvalue weighted by Gasteiger charge is 2.28. The van der Waals surface area contributed by atoms with Crippen molar-refractivity contribution in [2.75, 3.05) is 18.6 Å². The van der Waals surface area contributed by atoms with Gasteiger partial charge in [0.15, 0.2) is 11.5 Å². The summed E-state index contributed by atoms with van der Waals surface area (Å²) in [4.78, 5) is 32.7. The van der Waals surface area contributed by atoms with Gasteiger partial charge in [0.05, 0.1) is 6.61 Å². The van der Waals surface area contributed by atoms with Crippen LogP contribution in [-0.4, -0.2) is 55.7 Å². The molecule has 214 valence electrons. The average molecular weight is 556 g/mol. The maximum atomic E-state index is 13.3. The molecule has 0 spiro atoms. The number of esters is 1. The van der Waals surface area contributed by atoms with Crippen LogP contribution in [0.25, 0.3) is 22.5 Å². The van der Waals surface area contributed by atoms with Gasteiger partial charge < -0.3 is 9.30 Å². The van der Waals surface area contributed by atoms with Gasteiger partial charge in [0.25, 0.3) is 5.91 Å². The summed E-state index contributed by atoms with van der Waals surface area (Å²) in [6.45, 7) is 8.49. The molecule has 2 aromatic carbocycles. The molecule has 1 N–H and O–H groups in total. The van der Waals surface area contributed by atoms with E-state index in [4.69, 9.17) is 9.72 Å². The monoisotopic (exact) mass is 555 g/mol. The number of hydrogen-bond donors (Lipinski definition) is 1. The Balaban J connectivity index is 1.72. The molecule has 4 aromatic rings. The molecule has 4 rings (SSSR count). The molecule has 0 aliphatic carbocycles. The van der Waals surface area contributed by atoms with E-state index in [-0.39, 0.29) is 18.2 Å². The number of tetrazole rings is 1. The van der Waals surface area contributed by atoms with Gasteiger partial charge in [-0.2, -0.15) is 5.21 Å². The zero-order valence-electron chi connectivity index (χ0n) is 24.3. The number of ether oxygens (including phenoxy) is 1. The number of aromatic nitrogens is 6. The zero-order chi connectivity index (χ0) is 29.4. The summed E-state index contributed by atoms with van der Waals surface area (Å²) >= 11 is 0. The quantitative estimate of drug-likeness (QED) is 0.178. The highest BCUT2D eigenvalue weighted by atomic mass is 16.5. The lowest BCUT2D eigenvalue weighted by Crippen LogP contribution is -2.27. The van der Waals surface area contributed by atoms with E-state index in [0.29, 0.717) is 24.6 Å². The fourth-order valence-corrected chi connectivity index (χ4v) is 4.71. The summed E-state index contributed by atoms with van der Waals surface area (Å²) in [7, 11) is 1.66. The van der Waals surface area contributed by atoms with E-state index in [1.807, 2.05) is 66.9 Å². The van der Waals surface area contributed by atoms with Gasteiger partial charge in [-0.25, -0.2) is 9.78 Å². The van der Waals surface area contributed by atoms with Crippen LogP contribution in [0.15, 0.2) is 60.2 Å². The van der Waals surface area contributed by atoms with Crippen LogP contribution < -0.4 is 4.90 Å². The molecule has 10 nitrogen and oxygen atoms in total. The van der Waals surface area contributed by atoms with Gasteiger partial charge in [0.1, 0.15) is 5.82 Å². The summed E-state index contributed by atoms with van der Waals surface area (Å²) in [5.41, 5.74) is 5.15. The number of amides is 1. The summed E-state index contributed by atoms with van der Waals surface area (Å²) in [5.74, 6) is 0.846. The maximum absolute atomic E-state index is 13.3. The van der Waals surface area contributed by atoms with Crippen molar-refractivity contribution >= 4 is 17.7 Å². The second-order valence-electron chi connectivity index (χ2n) is 9.64. The first-order valence-electron chi connectivity index (χ1n) is 14.1. The molecular formula is C31H37N7O3. The Morgan fingerprint density at radius 3 is 2.32 bits per heavy atom. The molecule has 0 unspecified atom stereocenters. The van der Waals surface area contributed by atoms with Gasteiger partial charge in [-0.05, 0) is 48.1 Å². The molecule has 2 heterocycles. The van der Waals surface area contributed by atoms with E-state index in [0.717, 1.165) is 52.9 Å². The predicted octanol–water partition coefficient (Wildman–Crippen LogP) is 5.62.